The fourth-order valence-corrected chi connectivity index (χ4v) is 3.63. The molecule has 0 aliphatic heterocycles. The van der Waals surface area contributed by atoms with E-state index in [1.165, 1.54) is 6.42 Å². The predicted octanol–water partition coefficient (Wildman–Crippen LogP) is 1.49. The minimum Gasteiger partial charge on any atom is -0.480 e. The standard InChI is InChI=1S/C19H34N4O4/c20-11-5-4-8-15(18(25)26)22-19(27)23-16(17(24)21-14-9-10-14)12-13-6-2-1-3-7-13/h13-16H,1-12,20H2,(H,21,24)(H,25,26)(H2,22,23,27)/t15?,16-/m1/s1. The lowest BCUT2D eigenvalue weighted by atomic mass is 9.84. The van der Waals surface area contributed by atoms with E-state index in [0.29, 0.717) is 38.1 Å². The summed E-state index contributed by atoms with van der Waals surface area (Å²) in [5.41, 5.74) is 5.43. The highest BCUT2D eigenvalue weighted by atomic mass is 16.4. The summed E-state index contributed by atoms with van der Waals surface area (Å²) in [7, 11) is 0. The lowest BCUT2D eigenvalue weighted by Crippen LogP contribution is -2.54. The van der Waals surface area contributed by atoms with Crippen molar-refractivity contribution in [3.63, 3.8) is 0 Å². The first kappa shape index (κ1) is 21.5. The van der Waals surface area contributed by atoms with Gasteiger partial charge in [0.25, 0.3) is 0 Å². The summed E-state index contributed by atoms with van der Waals surface area (Å²) < 4.78 is 0. The second kappa shape index (κ2) is 11.1. The molecule has 2 rings (SSSR count). The monoisotopic (exact) mass is 382 g/mol. The Hall–Kier alpha value is -1.83. The Bertz CT molecular complexity index is 504. The summed E-state index contributed by atoms with van der Waals surface area (Å²) in [5, 5.41) is 17.5. The summed E-state index contributed by atoms with van der Waals surface area (Å²) in [6.07, 6.45) is 9.94. The number of nitrogens with two attached hydrogens (primary N) is 1. The van der Waals surface area contributed by atoms with Gasteiger partial charge in [0.15, 0.2) is 0 Å². The number of carbonyl (C=O) groups excluding carboxylic acids is 2. The number of hydrogen-bond donors (Lipinski definition) is 5. The molecule has 0 aromatic carbocycles. The van der Waals surface area contributed by atoms with E-state index in [4.69, 9.17) is 5.73 Å². The number of rotatable bonds is 11. The molecule has 2 aliphatic rings. The van der Waals surface area contributed by atoms with E-state index in [1.54, 1.807) is 0 Å². The maximum atomic E-state index is 12.5. The Morgan fingerprint density at radius 3 is 2.22 bits per heavy atom. The molecule has 0 bridgehead atoms. The van der Waals surface area contributed by atoms with Crippen LogP contribution in [0.2, 0.25) is 0 Å². The molecule has 8 heteroatoms. The van der Waals surface area contributed by atoms with Crippen LogP contribution in [-0.2, 0) is 9.59 Å². The highest BCUT2D eigenvalue weighted by Gasteiger charge is 2.31. The van der Waals surface area contributed by atoms with Crippen molar-refractivity contribution in [2.45, 2.75) is 88.8 Å². The van der Waals surface area contributed by atoms with Crippen molar-refractivity contribution in [3.8, 4) is 0 Å². The van der Waals surface area contributed by atoms with E-state index in [0.717, 1.165) is 38.5 Å². The highest BCUT2D eigenvalue weighted by molar-refractivity contribution is 5.89. The van der Waals surface area contributed by atoms with Crippen molar-refractivity contribution in [1.82, 2.24) is 16.0 Å². The van der Waals surface area contributed by atoms with Crippen molar-refractivity contribution in [2.24, 2.45) is 11.7 Å². The molecule has 0 radical (unpaired) electrons. The van der Waals surface area contributed by atoms with E-state index in [-0.39, 0.29) is 11.9 Å². The van der Waals surface area contributed by atoms with E-state index < -0.39 is 24.1 Å². The van der Waals surface area contributed by atoms with Crippen molar-refractivity contribution in [3.05, 3.63) is 0 Å². The van der Waals surface area contributed by atoms with Crippen LogP contribution in [0.3, 0.4) is 0 Å². The Morgan fingerprint density at radius 2 is 1.63 bits per heavy atom. The van der Waals surface area contributed by atoms with Crippen LogP contribution in [0.25, 0.3) is 0 Å². The van der Waals surface area contributed by atoms with Gasteiger partial charge >= 0.3 is 12.0 Å². The maximum Gasteiger partial charge on any atom is 0.326 e. The Morgan fingerprint density at radius 1 is 0.963 bits per heavy atom. The second-order valence-corrected chi connectivity index (χ2v) is 7.87. The topological polar surface area (TPSA) is 134 Å². The number of amides is 3. The van der Waals surface area contributed by atoms with Crippen molar-refractivity contribution >= 4 is 17.9 Å². The smallest absolute Gasteiger partial charge is 0.326 e. The molecule has 2 atom stereocenters. The van der Waals surface area contributed by atoms with Crippen LogP contribution in [0.5, 0.6) is 0 Å². The molecule has 3 amide bonds. The van der Waals surface area contributed by atoms with Crippen LogP contribution < -0.4 is 21.7 Å². The van der Waals surface area contributed by atoms with Crippen LogP contribution in [0.15, 0.2) is 0 Å². The van der Waals surface area contributed by atoms with Crippen LogP contribution in [0, 0.1) is 5.92 Å². The number of unbranched alkanes of at least 4 members (excludes halogenated alkanes) is 1. The summed E-state index contributed by atoms with van der Waals surface area (Å²) in [6.45, 7) is 0.489. The molecule has 0 aromatic rings. The highest BCUT2D eigenvalue weighted by Crippen LogP contribution is 2.28. The van der Waals surface area contributed by atoms with Gasteiger partial charge in [0.2, 0.25) is 5.91 Å². The third-order valence-electron chi connectivity index (χ3n) is 5.39. The van der Waals surface area contributed by atoms with Gasteiger partial charge in [0.05, 0.1) is 0 Å². The van der Waals surface area contributed by atoms with E-state index in [1.807, 2.05) is 0 Å². The second-order valence-electron chi connectivity index (χ2n) is 7.87. The summed E-state index contributed by atoms with van der Waals surface area (Å²) in [5.74, 6) is -0.810. The largest absolute Gasteiger partial charge is 0.480 e. The molecule has 1 unspecified atom stereocenters. The Balaban J connectivity index is 1.89. The van der Waals surface area contributed by atoms with E-state index in [9.17, 15) is 19.5 Å². The fraction of sp³-hybridized carbons (Fsp3) is 0.842. The van der Waals surface area contributed by atoms with Crippen LogP contribution >= 0.6 is 0 Å². The molecule has 2 aliphatic carbocycles. The number of carbonyl (C=O) groups is 3. The van der Waals surface area contributed by atoms with Gasteiger partial charge < -0.3 is 26.8 Å². The number of urea groups is 1. The van der Waals surface area contributed by atoms with Crippen LogP contribution in [-0.4, -0.2) is 47.7 Å². The molecule has 0 heterocycles. The van der Waals surface area contributed by atoms with E-state index >= 15 is 0 Å². The zero-order valence-electron chi connectivity index (χ0n) is 16.0. The van der Waals surface area contributed by atoms with Crippen molar-refractivity contribution < 1.29 is 19.5 Å². The molecule has 0 aromatic heterocycles. The number of carboxylic acids is 1. The number of aliphatic carboxylic acids is 1. The summed E-state index contributed by atoms with van der Waals surface area (Å²) >= 11 is 0. The van der Waals surface area contributed by atoms with Gasteiger partial charge in [0, 0.05) is 6.04 Å². The fourth-order valence-electron chi connectivity index (χ4n) is 3.63. The lowest BCUT2D eigenvalue weighted by Gasteiger charge is -2.27. The maximum absolute atomic E-state index is 12.5. The number of hydrogen-bond acceptors (Lipinski definition) is 4. The average molecular weight is 383 g/mol. The summed E-state index contributed by atoms with van der Waals surface area (Å²) in [6, 6.07) is -1.97. The van der Waals surface area contributed by atoms with Gasteiger partial charge in [-0.1, -0.05) is 32.1 Å². The zero-order valence-corrected chi connectivity index (χ0v) is 16.0. The third-order valence-corrected chi connectivity index (χ3v) is 5.39. The van der Waals surface area contributed by atoms with Crippen molar-refractivity contribution in [2.75, 3.05) is 6.54 Å². The van der Waals surface area contributed by atoms with Gasteiger partial charge in [-0.15, -0.1) is 0 Å². The van der Waals surface area contributed by atoms with E-state index in [2.05, 4.69) is 16.0 Å². The number of carboxylic acid groups (broad SMARTS) is 1. The molecular formula is C19H34N4O4. The van der Waals surface area contributed by atoms with Gasteiger partial charge in [-0.25, -0.2) is 9.59 Å². The van der Waals surface area contributed by atoms with Gasteiger partial charge in [-0.05, 0) is 51.0 Å². The molecule has 27 heavy (non-hydrogen) atoms. The zero-order chi connectivity index (χ0) is 19.6. The lowest BCUT2D eigenvalue weighted by molar-refractivity contribution is -0.139. The first-order valence-corrected chi connectivity index (χ1v) is 10.3. The van der Waals surface area contributed by atoms with Crippen LogP contribution in [0.4, 0.5) is 4.79 Å². The first-order valence-electron chi connectivity index (χ1n) is 10.3. The molecule has 8 nitrogen and oxygen atoms in total. The molecular weight excluding hydrogens is 348 g/mol. The Labute approximate surface area is 161 Å². The average Bonchev–Trinajstić information content (AvgIpc) is 3.45. The molecule has 2 saturated carbocycles. The third kappa shape index (κ3) is 8.15. The first-order chi connectivity index (χ1) is 13.0. The Kier molecular flexibility index (Phi) is 8.84. The molecule has 154 valence electrons. The quantitative estimate of drug-likeness (QED) is 0.345. The molecule has 6 N–H and O–H groups in total. The minimum absolute atomic E-state index is 0.159. The molecule has 2 fully saturated rings. The molecule has 0 saturated heterocycles. The molecule has 0 spiro atoms. The van der Waals surface area contributed by atoms with Gasteiger partial charge in [-0.2, -0.15) is 0 Å². The number of nitrogens with one attached hydrogen (secondary N) is 3. The normalized spacial score (nSPS) is 19.7. The van der Waals surface area contributed by atoms with Gasteiger partial charge in [0.1, 0.15) is 12.1 Å². The van der Waals surface area contributed by atoms with Gasteiger partial charge in [-0.3, -0.25) is 4.79 Å². The minimum atomic E-state index is -1.08. The predicted molar refractivity (Wildman–Crippen MR) is 102 cm³/mol. The SMILES string of the molecule is NCCCCC(NC(=O)N[C@H](CC1CCCCC1)C(=O)NC1CC1)C(=O)O. The summed E-state index contributed by atoms with van der Waals surface area (Å²) in [4.78, 5) is 36.3. The van der Waals surface area contributed by atoms with Crippen molar-refractivity contribution in [1.29, 1.82) is 0 Å². The van der Waals surface area contributed by atoms with Crippen LogP contribution in [0.1, 0.15) is 70.6 Å².